The van der Waals surface area contributed by atoms with Gasteiger partial charge >= 0.3 is 0 Å². The van der Waals surface area contributed by atoms with Crippen molar-refractivity contribution in [3.8, 4) is 5.75 Å². The first kappa shape index (κ1) is 16.5. The minimum atomic E-state index is -0.639. The minimum absolute atomic E-state index is 0.152. The van der Waals surface area contributed by atoms with E-state index in [-0.39, 0.29) is 17.2 Å². The summed E-state index contributed by atoms with van der Waals surface area (Å²) < 4.78 is 0. The predicted octanol–water partition coefficient (Wildman–Crippen LogP) is 2.59. The number of para-hydroxylation sites is 1. The lowest BCUT2D eigenvalue weighted by molar-refractivity contribution is -0.208. The topological polar surface area (TPSA) is 64.8 Å². The normalized spacial score (nSPS) is 35.2. The summed E-state index contributed by atoms with van der Waals surface area (Å²) in [5.41, 5.74) is 0.366. The van der Waals surface area contributed by atoms with Crippen molar-refractivity contribution in [2.75, 3.05) is 13.1 Å². The molecule has 23 heavy (non-hydrogen) atoms. The highest BCUT2D eigenvalue weighted by atomic mass is 16.3. The van der Waals surface area contributed by atoms with Gasteiger partial charge in [0.15, 0.2) is 0 Å². The molecule has 2 bridgehead atoms. The van der Waals surface area contributed by atoms with Crippen LogP contribution in [0.1, 0.15) is 39.2 Å². The minimum Gasteiger partial charge on any atom is -0.507 e. The van der Waals surface area contributed by atoms with Crippen LogP contribution in [0.3, 0.4) is 0 Å². The van der Waals surface area contributed by atoms with E-state index in [1.165, 1.54) is 0 Å². The van der Waals surface area contributed by atoms with E-state index in [4.69, 9.17) is 0 Å². The van der Waals surface area contributed by atoms with E-state index < -0.39 is 5.60 Å². The first-order chi connectivity index (χ1) is 10.8. The van der Waals surface area contributed by atoms with Crippen molar-refractivity contribution < 1.29 is 10.2 Å². The molecule has 0 unspecified atom stereocenters. The molecule has 4 nitrogen and oxygen atoms in total. The molecule has 126 valence electrons. The van der Waals surface area contributed by atoms with Gasteiger partial charge in [-0.05, 0) is 49.1 Å². The molecule has 0 radical (unpaired) electrons. The quantitative estimate of drug-likeness (QED) is 0.578. The van der Waals surface area contributed by atoms with E-state index in [9.17, 15) is 10.2 Å². The lowest BCUT2D eigenvalue weighted by Gasteiger charge is -2.65. The molecule has 0 aliphatic heterocycles. The van der Waals surface area contributed by atoms with Crippen molar-refractivity contribution in [2.24, 2.45) is 22.2 Å². The van der Waals surface area contributed by atoms with Gasteiger partial charge < -0.3 is 15.5 Å². The fourth-order valence-corrected chi connectivity index (χ4v) is 4.53. The van der Waals surface area contributed by atoms with Crippen LogP contribution in [0.25, 0.3) is 0 Å². The number of nitrogens with zero attached hydrogens (tertiary/aromatic N) is 1. The van der Waals surface area contributed by atoms with Crippen LogP contribution in [-0.2, 0) is 0 Å². The maximum Gasteiger partial charge on any atom is 0.124 e. The lowest BCUT2D eigenvalue weighted by atomic mass is 9.43. The first-order valence-electron chi connectivity index (χ1n) is 8.57. The molecular weight excluding hydrogens is 288 g/mol. The highest BCUT2D eigenvalue weighted by molar-refractivity contribution is 5.83. The highest BCUT2D eigenvalue weighted by Gasteiger charge is 2.62. The van der Waals surface area contributed by atoms with Crippen LogP contribution in [0, 0.1) is 17.3 Å². The molecule has 0 saturated heterocycles. The molecular formula is C19H28N2O2. The van der Waals surface area contributed by atoms with E-state index in [0.717, 1.165) is 30.9 Å². The number of hydrogen-bond donors (Lipinski definition) is 3. The lowest BCUT2D eigenvalue weighted by Crippen LogP contribution is -2.69. The van der Waals surface area contributed by atoms with Gasteiger partial charge in [0.25, 0.3) is 0 Å². The van der Waals surface area contributed by atoms with Crippen LogP contribution in [0.2, 0.25) is 0 Å². The molecule has 3 aliphatic rings. The molecule has 1 aromatic carbocycles. The zero-order chi connectivity index (χ0) is 16.7. The number of fused-ring (bicyclic) bond motifs is 2. The van der Waals surface area contributed by atoms with E-state index in [1.54, 1.807) is 18.3 Å². The average molecular weight is 316 g/mol. The standard InChI is InChI=1S/C19H28N2O2/c1-18(2)14-10-16(18)19(3,23)17(11-14)21-9-8-20-12-13-6-4-5-7-15(13)22/h4-7,12,14,16-17,21-23H,8-11H2,1-3H3/t14-,16-,17-,19-/m1/s1. The van der Waals surface area contributed by atoms with Gasteiger partial charge in [-0.2, -0.15) is 0 Å². The van der Waals surface area contributed by atoms with Crippen LogP contribution in [0.4, 0.5) is 0 Å². The molecule has 0 spiro atoms. The third-order valence-electron chi connectivity index (χ3n) is 6.20. The number of benzene rings is 1. The molecule has 3 fully saturated rings. The van der Waals surface area contributed by atoms with Gasteiger partial charge in [0, 0.05) is 24.4 Å². The largest absolute Gasteiger partial charge is 0.507 e. The van der Waals surface area contributed by atoms with Crippen LogP contribution in [0.15, 0.2) is 29.3 Å². The Bertz CT molecular complexity index is 595. The Hall–Kier alpha value is -1.39. The van der Waals surface area contributed by atoms with Crippen LogP contribution < -0.4 is 5.32 Å². The Labute approximate surface area is 138 Å². The summed E-state index contributed by atoms with van der Waals surface area (Å²) in [6.45, 7) is 7.93. The van der Waals surface area contributed by atoms with E-state index in [2.05, 4.69) is 24.2 Å². The highest BCUT2D eigenvalue weighted by Crippen LogP contribution is 2.62. The molecule has 0 amide bonds. The zero-order valence-corrected chi connectivity index (χ0v) is 14.3. The number of aliphatic hydroxyl groups is 1. The Balaban J connectivity index is 1.49. The summed E-state index contributed by atoms with van der Waals surface area (Å²) in [6, 6.07) is 7.33. The number of phenols is 1. The molecule has 4 atom stereocenters. The van der Waals surface area contributed by atoms with E-state index in [1.807, 2.05) is 19.1 Å². The summed E-state index contributed by atoms with van der Waals surface area (Å²) in [7, 11) is 0. The van der Waals surface area contributed by atoms with E-state index >= 15 is 0 Å². The van der Waals surface area contributed by atoms with Gasteiger partial charge in [-0.1, -0.05) is 26.0 Å². The number of hydrogen-bond acceptors (Lipinski definition) is 4. The second kappa shape index (κ2) is 5.91. The second-order valence-electron chi connectivity index (χ2n) is 7.87. The number of phenolic OH excluding ortho intramolecular Hbond substituents is 1. The third kappa shape index (κ3) is 2.90. The Morgan fingerprint density at radius 2 is 2.00 bits per heavy atom. The van der Waals surface area contributed by atoms with Gasteiger partial charge in [-0.25, -0.2) is 0 Å². The summed E-state index contributed by atoms with van der Waals surface area (Å²) in [5, 5.41) is 24.1. The van der Waals surface area contributed by atoms with Gasteiger partial charge in [0.1, 0.15) is 5.75 Å². The molecule has 3 aliphatic carbocycles. The zero-order valence-electron chi connectivity index (χ0n) is 14.3. The van der Waals surface area contributed by atoms with E-state index in [0.29, 0.717) is 12.5 Å². The Morgan fingerprint density at radius 3 is 2.65 bits per heavy atom. The fraction of sp³-hybridized carbons (Fsp3) is 0.632. The van der Waals surface area contributed by atoms with Crippen molar-refractivity contribution in [1.82, 2.24) is 5.32 Å². The smallest absolute Gasteiger partial charge is 0.124 e. The summed E-state index contributed by atoms with van der Waals surface area (Å²) in [4.78, 5) is 4.36. The second-order valence-corrected chi connectivity index (χ2v) is 7.87. The van der Waals surface area contributed by atoms with Crippen LogP contribution >= 0.6 is 0 Å². The summed E-state index contributed by atoms with van der Waals surface area (Å²) >= 11 is 0. The van der Waals surface area contributed by atoms with Crippen LogP contribution in [-0.4, -0.2) is 41.2 Å². The monoisotopic (exact) mass is 316 g/mol. The Kier molecular flexibility index (Phi) is 4.23. The predicted molar refractivity (Wildman–Crippen MR) is 93.0 cm³/mol. The molecule has 4 heteroatoms. The maximum absolute atomic E-state index is 10.9. The number of aliphatic imine (C=N–C) groups is 1. The maximum atomic E-state index is 10.9. The van der Waals surface area contributed by atoms with Gasteiger partial charge in [0.05, 0.1) is 12.1 Å². The number of rotatable bonds is 5. The summed E-state index contributed by atoms with van der Waals surface area (Å²) in [5.74, 6) is 1.35. The van der Waals surface area contributed by atoms with Gasteiger partial charge in [0.2, 0.25) is 0 Å². The van der Waals surface area contributed by atoms with Crippen molar-refractivity contribution in [3.05, 3.63) is 29.8 Å². The van der Waals surface area contributed by atoms with Crippen molar-refractivity contribution >= 4 is 6.21 Å². The number of nitrogens with one attached hydrogen (secondary N) is 1. The van der Waals surface area contributed by atoms with Crippen molar-refractivity contribution in [1.29, 1.82) is 0 Å². The molecule has 0 heterocycles. The average Bonchev–Trinajstić information content (AvgIpc) is 2.49. The molecule has 4 rings (SSSR count). The fourth-order valence-electron chi connectivity index (χ4n) is 4.53. The SMILES string of the molecule is CC1(C)[C@@H]2C[C@H]1[C@@](C)(O)[C@H](NCCN=Cc1ccccc1O)C2. The van der Waals surface area contributed by atoms with Gasteiger partial charge in [-0.3, -0.25) is 4.99 Å². The first-order valence-corrected chi connectivity index (χ1v) is 8.57. The van der Waals surface area contributed by atoms with Crippen molar-refractivity contribution in [3.63, 3.8) is 0 Å². The molecule has 3 saturated carbocycles. The molecule has 0 aromatic heterocycles. The molecule has 1 aromatic rings. The third-order valence-corrected chi connectivity index (χ3v) is 6.20. The van der Waals surface area contributed by atoms with Gasteiger partial charge in [-0.15, -0.1) is 0 Å². The number of aromatic hydroxyl groups is 1. The summed E-state index contributed by atoms with van der Waals surface area (Å²) in [6.07, 6.45) is 3.90. The molecule has 3 N–H and O–H groups in total. The Morgan fingerprint density at radius 1 is 1.26 bits per heavy atom. The van der Waals surface area contributed by atoms with Crippen LogP contribution in [0.5, 0.6) is 5.75 Å². The van der Waals surface area contributed by atoms with Crippen molar-refractivity contribution in [2.45, 2.75) is 45.3 Å².